The molecular formula is C16H24N2O3. The van der Waals surface area contributed by atoms with Gasteiger partial charge in [-0.1, -0.05) is 12.8 Å². The molecule has 1 aromatic rings. The number of hydrogen-bond donors (Lipinski definition) is 1. The van der Waals surface area contributed by atoms with Crippen LogP contribution < -0.4 is 5.32 Å². The minimum absolute atomic E-state index is 0.0782. The highest BCUT2D eigenvalue weighted by Gasteiger charge is 2.38. The number of amides is 1. The van der Waals surface area contributed by atoms with Crippen molar-refractivity contribution < 1.29 is 13.9 Å². The van der Waals surface area contributed by atoms with Crippen molar-refractivity contribution in [3.05, 3.63) is 24.2 Å². The largest absolute Gasteiger partial charge is 0.467 e. The van der Waals surface area contributed by atoms with Crippen LogP contribution in [0, 0.1) is 5.92 Å². The minimum Gasteiger partial charge on any atom is -0.467 e. The molecule has 1 aromatic heterocycles. The third-order valence-corrected chi connectivity index (χ3v) is 4.72. The normalized spacial score (nSPS) is 26.3. The average Bonchev–Trinajstić information content (AvgIpc) is 3.25. The number of likely N-dealkylation sites (N-methyl/N-ethyl adjacent to an activating group) is 1. The molecule has 1 amide bonds. The summed E-state index contributed by atoms with van der Waals surface area (Å²) < 4.78 is 10.9. The van der Waals surface area contributed by atoms with E-state index < -0.39 is 0 Å². The summed E-state index contributed by atoms with van der Waals surface area (Å²) in [5.74, 6) is 0.982. The van der Waals surface area contributed by atoms with Gasteiger partial charge in [0, 0.05) is 12.1 Å². The Labute approximate surface area is 125 Å². The zero-order valence-corrected chi connectivity index (χ0v) is 12.6. The highest BCUT2D eigenvalue weighted by atomic mass is 16.5. The summed E-state index contributed by atoms with van der Waals surface area (Å²) >= 11 is 0. The van der Waals surface area contributed by atoms with E-state index in [9.17, 15) is 4.79 Å². The summed E-state index contributed by atoms with van der Waals surface area (Å²) in [5.41, 5.74) is 0. The molecule has 2 heterocycles. The van der Waals surface area contributed by atoms with Crippen molar-refractivity contribution >= 4 is 5.91 Å². The monoisotopic (exact) mass is 292 g/mol. The molecule has 0 spiro atoms. The van der Waals surface area contributed by atoms with Crippen LogP contribution in [0.5, 0.6) is 0 Å². The van der Waals surface area contributed by atoms with Gasteiger partial charge in [-0.15, -0.1) is 0 Å². The molecule has 5 heteroatoms. The van der Waals surface area contributed by atoms with Crippen LogP contribution in [0.1, 0.15) is 31.4 Å². The molecule has 1 saturated carbocycles. The van der Waals surface area contributed by atoms with Crippen LogP contribution in [0.2, 0.25) is 0 Å². The van der Waals surface area contributed by atoms with Crippen LogP contribution in [-0.4, -0.2) is 43.2 Å². The highest BCUT2D eigenvalue weighted by Crippen LogP contribution is 2.28. The quantitative estimate of drug-likeness (QED) is 0.899. The first kappa shape index (κ1) is 14.6. The molecule has 0 bridgehead atoms. The lowest BCUT2D eigenvalue weighted by atomic mass is 10.0. The first-order valence-corrected chi connectivity index (χ1v) is 7.87. The lowest BCUT2D eigenvalue weighted by molar-refractivity contribution is -0.139. The minimum atomic E-state index is -0.0782. The van der Waals surface area contributed by atoms with E-state index in [1.807, 2.05) is 24.1 Å². The van der Waals surface area contributed by atoms with Crippen molar-refractivity contribution in [2.75, 3.05) is 20.3 Å². The molecule has 1 saturated heterocycles. The lowest BCUT2D eigenvalue weighted by Gasteiger charge is -2.31. The fourth-order valence-corrected chi connectivity index (χ4v) is 3.47. The lowest BCUT2D eigenvalue weighted by Crippen LogP contribution is -2.47. The van der Waals surface area contributed by atoms with E-state index in [4.69, 9.17) is 9.15 Å². The molecule has 0 aromatic carbocycles. The Hall–Kier alpha value is -1.33. The maximum atomic E-state index is 13.0. The second kappa shape index (κ2) is 6.62. The predicted molar refractivity (Wildman–Crippen MR) is 78.7 cm³/mol. The molecule has 0 radical (unpaired) electrons. The van der Waals surface area contributed by atoms with E-state index in [1.54, 1.807) is 6.26 Å². The van der Waals surface area contributed by atoms with Crippen molar-refractivity contribution in [2.45, 2.75) is 44.3 Å². The summed E-state index contributed by atoms with van der Waals surface area (Å²) in [6.07, 6.45) is 6.29. The molecule has 1 aliphatic carbocycles. The third kappa shape index (κ3) is 3.14. The molecule has 3 rings (SSSR count). The van der Waals surface area contributed by atoms with Crippen molar-refractivity contribution in [1.82, 2.24) is 10.2 Å². The summed E-state index contributed by atoms with van der Waals surface area (Å²) in [6, 6.07) is 4.29. The fraction of sp³-hybridized carbons (Fsp3) is 0.688. The maximum absolute atomic E-state index is 13.0. The number of furan rings is 1. The van der Waals surface area contributed by atoms with Crippen LogP contribution in [-0.2, 0) is 16.1 Å². The first-order chi connectivity index (χ1) is 10.3. The third-order valence-electron chi connectivity index (χ3n) is 4.72. The van der Waals surface area contributed by atoms with Gasteiger partial charge in [-0.25, -0.2) is 0 Å². The van der Waals surface area contributed by atoms with Gasteiger partial charge in [-0.3, -0.25) is 4.79 Å². The number of carbonyl (C=O) groups excluding carboxylic acids is 1. The molecule has 2 unspecified atom stereocenters. The van der Waals surface area contributed by atoms with Crippen LogP contribution >= 0.6 is 0 Å². The fourth-order valence-electron chi connectivity index (χ4n) is 3.47. The number of carbonyl (C=O) groups is 1. The van der Waals surface area contributed by atoms with E-state index in [1.165, 1.54) is 12.8 Å². The number of ether oxygens (including phenoxy) is 1. The predicted octanol–water partition coefficient (Wildman–Crippen LogP) is 1.79. The molecule has 1 aliphatic heterocycles. The first-order valence-electron chi connectivity index (χ1n) is 7.87. The van der Waals surface area contributed by atoms with E-state index in [0.29, 0.717) is 25.8 Å². The molecule has 116 valence electrons. The molecular weight excluding hydrogens is 268 g/mol. The topological polar surface area (TPSA) is 54.7 Å². The van der Waals surface area contributed by atoms with E-state index in [2.05, 4.69) is 5.32 Å². The van der Waals surface area contributed by atoms with Crippen molar-refractivity contribution in [3.8, 4) is 0 Å². The van der Waals surface area contributed by atoms with Gasteiger partial charge in [0.1, 0.15) is 5.76 Å². The summed E-state index contributed by atoms with van der Waals surface area (Å²) in [4.78, 5) is 15.0. The van der Waals surface area contributed by atoms with Gasteiger partial charge in [-0.05, 0) is 32.0 Å². The van der Waals surface area contributed by atoms with Gasteiger partial charge in [0.05, 0.1) is 31.9 Å². The summed E-state index contributed by atoms with van der Waals surface area (Å²) in [5, 5.41) is 3.20. The second-order valence-electron chi connectivity index (χ2n) is 6.02. The SMILES string of the molecule is CNC1COCC1C(=O)N(Cc1ccco1)C1CCCC1. The number of rotatable bonds is 5. The second-order valence-corrected chi connectivity index (χ2v) is 6.02. The summed E-state index contributed by atoms with van der Waals surface area (Å²) in [6.45, 7) is 1.71. The molecule has 2 atom stereocenters. The Bertz CT molecular complexity index is 454. The van der Waals surface area contributed by atoms with E-state index in [-0.39, 0.29) is 17.9 Å². The summed E-state index contributed by atoms with van der Waals surface area (Å²) in [7, 11) is 1.89. The molecule has 21 heavy (non-hydrogen) atoms. The molecule has 5 nitrogen and oxygen atoms in total. The molecule has 2 fully saturated rings. The Morgan fingerprint density at radius 1 is 1.38 bits per heavy atom. The maximum Gasteiger partial charge on any atom is 0.230 e. The van der Waals surface area contributed by atoms with Gasteiger partial charge in [0.15, 0.2) is 0 Å². The molecule has 1 N–H and O–H groups in total. The van der Waals surface area contributed by atoms with Crippen LogP contribution in [0.4, 0.5) is 0 Å². The zero-order valence-electron chi connectivity index (χ0n) is 12.6. The number of nitrogens with zero attached hydrogens (tertiary/aromatic N) is 1. The molecule has 2 aliphatic rings. The van der Waals surface area contributed by atoms with Gasteiger partial charge < -0.3 is 19.4 Å². The van der Waals surface area contributed by atoms with Gasteiger partial charge in [0.25, 0.3) is 0 Å². The van der Waals surface area contributed by atoms with Crippen LogP contribution in [0.25, 0.3) is 0 Å². The highest BCUT2D eigenvalue weighted by molar-refractivity contribution is 5.80. The van der Waals surface area contributed by atoms with E-state index in [0.717, 1.165) is 18.6 Å². The van der Waals surface area contributed by atoms with Crippen molar-refractivity contribution in [2.24, 2.45) is 5.92 Å². The van der Waals surface area contributed by atoms with E-state index >= 15 is 0 Å². The Morgan fingerprint density at radius 3 is 2.86 bits per heavy atom. The Kier molecular flexibility index (Phi) is 4.60. The van der Waals surface area contributed by atoms with Gasteiger partial charge >= 0.3 is 0 Å². The van der Waals surface area contributed by atoms with Gasteiger partial charge in [0.2, 0.25) is 5.91 Å². The van der Waals surface area contributed by atoms with Crippen LogP contribution in [0.15, 0.2) is 22.8 Å². The smallest absolute Gasteiger partial charge is 0.230 e. The van der Waals surface area contributed by atoms with Crippen molar-refractivity contribution in [1.29, 1.82) is 0 Å². The number of hydrogen-bond acceptors (Lipinski definition) is 4. The van der Waals surface area contributed by atoms with Crippen molar-refractivity contribution in [3.63, 3.8) is 0 Å². The zero-order chi connectivity index (χ0) is 14.7. The Balaban J connectivity index is 1.75. The van der Waals surface area contributed by atoms with Gasteiger partial charge in [-0.2, -0.15) is 0 Å². The average molecular weight is 292 g/mol. The number of nitrogens with one attached hydrogen (secondary N) is 1. The van der Waals surface area contributed by atoms with Crippen LogP contribution in [0.3, 0.4) is 0 Å². The Morgan fingerprint density at radius 2 is 2.19 bits per heavy atom. The standard InChI is InChI=1S/C16H24N2O3/c1-17-15-11-20-10-14(15)16(19)18(12-5-2-3-6-12)9-13-7-4-8-21-13/h4,7-8,12,14-15,17H,2-3,5-6,9-11H2,1H3.